The molecule has 2 rings (SSSR count). The topological polar surface area (TPSA) is 85.6 Å². The van der Waals surface area contributed by atoms with Crippen molar-refractivity contribution in [1.82, 2.24) is 25.0 Å². The van der Waals surface area contributed by atoms with Crippen molar-refractivity contribution >= 4 is 34.1 Å². The van der Waals surface area contributed by atoms with Crippen LogP contribution < -0.4 is 5.32 Å². The molecule has 0 aliphatic heterocycles. The second-order valence-corrected chi connectivity index (χ2v) is 5.76. The second-order valence-electron chi connectivity index (χ2n) is 3.98. The van der Waals surface area contributed by atoms with Crippen LogP contribution in [0.4, 0.5) is 5.13 Å². The molecule has 0 radical (unpaired) electrons. The van der Waals surface area contributed by atoms with Crippen molar-refractivity contribution in [1.29, 1.82) is 0 Å². The van der Waals surface area contributed by atoms with Crippen molar-refractivity contribution in [2.24, 2.45) is 0 Å². The first-order valence-electron chi connectivity index (χ1n) is 6.35. The Hall–Kier alpha value is -1.48. The Bertz CT molecular complexity index is 553. The van der Waals surface area contributed by atoms with Crippen LogP contribution in [0.15, 0.2) is 10.7 Å². The Labute approximate surface area is 125 Å². The first kappa shape index (κ1) is 14.9. The number of hydrogen-bond acceptors (Lipinski definition) is 7. The zero-order valence-electron chi connectivity index (χ0n) is 11.4. The van der Waals surface area contributed by atoms with Crippen molar-refractivity contribution in [2.45, 2.75) is 38.4 Å². The summed E-state index contributed by atoms with van der Waals surface area (Å²) in [4.78, 5) is 11.8. The van der Waals surface area contributed by atoms with Crippen LogP contribution in [0.25, 0.3) is 0 Å². The number of carbonyl (C=O) groups is 1. The third kappa shape index (κ3) is 3.76. The molecule has 0 bridgehead atoms. The highest BCUT2D eigenvalue weighted by Crippen LogP contribution is 2.18. The minimum Gasteiger partial charge on any atom is -0.306 e. The highest BCUT2D eigenvalue weighted by molar-refractivity contribution is 7.99. The van der Waals surface area contributed by atoms with E-state index in [2.05, 4.69) is 37.2 Å². The summed E-state index contributed by atoms with van der Waals surface area (Å²) < 4.78 is 2.07. The monoisotopic (exact) mass is 312 g/mol. The van der Waals surface area contributed by atoms with E-state index in [4.69, 9.17) is 0 Å². The van der Waals surface area contributed by atoms with Gasteiger partial charge in [-0.3, -0.25) is 10.1 Å². The van der Waals surface area contributed by atoms with Crippen LogP contribution in [0.5, 0.6) is 0 Å². The molecule has 2 heterocycles. The molecule has 0 saturated carbocycles. The lowest BCUT2D eigenvalue weighted by molar-refractivity contribution is -0.113. The van der Waals surface area contributed by atoms with Crippen LogP contribution in [-0.4, -0.2) is 36.6 Å². The van der Waals surface area contributed by atoms with Gasteiger partial charge in [-0.15, -0.1) is 20.4 Å². The predicted octanol–water partition coefficient (Wildman–Crippen LogP) is 1.83. The van der Waals surface area contributed by atoms with Crippen molar-refractivity contribution in [2.75, 3.05) is 11.1 Å². The van der Waals surface area contributed by atoms with Crippen molar-refractivity contribution in [3.63, 3.8) is 0 Å². The summed E-state index contributed by atoms with van der Waals surface area (Å²) >= 11 is 2.68. The molecular weight excluding hydrogens is 296 g/mol. The molecule has 0 saturated heterocycles. The summed E-state index contributed by atoms with van der Waals surface area (Å²) in [6, 6.07) is 0. The average Bonchev–Trinajstić information content (AvgIpc) is 3.07. The fourth-order valence-electron chi connectivity index (χ4n) is 1.65. The number of thioether (sulfide) groups is 1. The van der Waals surface area contributed by atoms with Gasteiger partial charge in [-0.1, -0.05) is 36.9 Å². The van der Waals surface area contributed by atoms with Gasteiger partial charge in [0.05, 0.1) is 5.75 Å². The minimum absolute atomic E-state index is 0.115. The zero-order chi connectivity index (χ0) is 14.4. The maximum atomic E-state index is 11.8. The predicted molar refractivity (Wildman–Crippen MR) is 79.0 cm³/mol. The molecule has 0 atom stereocenters. The van der Waals surface area contributed by atoms with Gasteiger partial charge in [0.25, 0.3) is 0 Å². The standard InChI is InChI=1S/C11H16N6OS2/c1-3-5-17-8(4-2)14-16-11(17)19-6-9(18)13-10-15-12-7-20-10/h7H,3-6H2,1-2H3,(H,13,15,18). The normalized spacial score (nSPS) is 10.7. The molecule has 1 amide bonds. The number of amides is 1. The molecule has 2 aromatic rings. The number of aryl methyl sites for hydroxylation is 1. The largest absolute Gasteiger partial charge is 0.306 e. The number of nitrogens with zero attached hydrogens (tertiary/aromatic N) is 5. The molecule has 2 aromatic heterocycles. The van der Waals surface area contributed by atoms with Crippen LogP contribution in [0.1, 0.15) is 26.1 Å². The summed E-state index contributed by atoms with van der Waals surface area (Å²) in [6.45, 7) is 5.03. The second kappa shape index (κ2) is 7.34. The molecule has 0 aromatic carbocycles. The summed E-state index contributed by atoms with van der Waals surface area (Å²) in [7, 11) is 0. The van der Waals surface area contributed by atoms with E-state index in [1.807, 2.05) is 6.92 Å². The summed E-state index contributed by atoms with van der Waals surface area (Å²) in [5.74, 6) is 1.13. The van der Waals surface area contributed by atoms with Crippen LogP contribution in [0, 0.1) is 0 Å². The molecule has 0 fully saturated rings. The fraction of sp³-hybridized carbons (Fsp3) is 0.545. The van der Waals surface area contributed by atoms with Gasteiger partial charge in [-0.2, -0.15) is 0 Å². The van der Waals surface area contributed by atoms with Crippen molar-refractivity contribution in [3.8, 4) is 0 Å². The van der Waals surface area contributed by atoms with Gasteiger partial charge in [-0.05, 0) is 6.42 Å². The molecule has 0 aliphatic carbocycles. The molecule has 0 spiro atoms. The molecule has 0 unspecified atom stereocenters. The summed E-state index contributed by atoms with van der Waals surface area (Å²) in [5.41, 5.74) is 1.58. The number of anilines is 1. The third-order valence-electron chi connectivity index (χ3n) is 2.50. The Morgan fingerprint density at radius 2 is 2.25 bits per heavy atom. The maximum absolute atomic E-state index is 11.8. The number of rotatable bonds is 7. The first-order valence-corrected chi connectivity index (χ1v) is 8.22. The fourth-order valence-corrected chi connectivity index (χ4v) is 2.89. The number of carbonyl (C=O) groups excluding carboxylic acids is 1. The van der Waals surface area contributed by atoms with Gasteiger partial charge < -0.3 is 4.57 Å². The van der Waals surface area contributed by atoms with Gasteiger partial charge >= 0.3 is 0 Å². The maximum Gasteiger partial charge on any atom is 0.236 e. The smallest absolute Gasteiger partial charge is 0.236 e. The molecule has 108 valence electrons. The van der Waals surface area contributed by atoms with Crippen LogP contribution in [0.2, 0.25) is 0 Å². The number of aromatic nitrogens is 5. The zero-order valence-corrected chi connectivity index (χ0v) is 13.0. The minimum atomic E-state index is -0.115. The number of nitrogens with one attached hydrogen (secondary N) is 1. The SMILES string of the molecule is CCCn1c(CC)nnc1SCC(=O)Nc1nncs1. The van der Waals surface area contributed by atoms with Crippen LogP contribution in [0.3, 0.4) is 0 Å². The lowest BCUT2D eigenvalue weighted by Crippen LogP contribution is -2.14. The highest BCUT2D eigenvalue weighted by Gasteiger charge is 2.13. The van der Waals surface area contributed by atoms with E-state index >= 15 is 0 Å². The van der Waals surface area contributed by atoms with Crippen molar-refractivity contribution < 1.29 is 4.79 Å². The van der Waals surface area contributed by atoms with E-state index in [-0.39, 0.29) is 11.7 Å². The molecule has 9 heteroatoms. The average molecular weight is 312 g/mol. The van der Waals surface area contributed by atoms with Crippen molar-refractivity contribution in [3.05, 3.63) is 11.3 Å². The van der Waals surface area contributed by atoms with Gasteiger partial charge in [0.15, 0.2) is 5.16 Å². The molecular formula is C11H16N6OS2. The highest BCUT2D eigenvalue weighted by atomic mass is 32.2. The van der Waals surface area contributed by atoms with E-state index in [0.29, 0.717) is 5.13 Å². The van der Waals surface area contributed by atoms with Gasteiger partial charge in [-0.25, -0.2) is 0 Å². The molecule has 7 nitrogen and oxygen atoms in total. The third-order valence-corrected chi connectivity index (χ3v) is 4.07. The van der Waals surface area contributed by atoms with E-state index in [0.717, 1.165) is 30.4 Å². The number of hydrogen-bond donors (Lipinski definition) is 1. The summed E-state index contributed by atoms with van der Waals surface area (Å²) in [5, 5.41) is 19.7. The molecule has 20 heavy (non-hydrogen) atoms. The van der Waals surface area contributed by atoms with Gasteiger partial charge in [0.1, 0.15) is 11.3 Å². The molecule has 1 N–H and O–H groups in total. The van der Waals surface area contributed by atoms with E-state index in [1.165, 1.54) is 23.1 Å². The Morgan fingerprint density at radius 3 is 2.90 bits per heavy atom. The van der Waals surface area contributed by atoms with E-state index in [9.17, 15) is 4.79 Å². The summed E-state index contributed by atoms with van der Waals surface area (Å²) in [6.07, 6.45) is 1.85. The van der Waals surface area contributed by atoms with E-state index < -0.39 is 0 Å². The van der Waals surface area contributed by atoms with Crippen LogP contribution in [-0.2, 0) is 17.8 Å². The molecule has 0 aliphatic rings. The Kier molecular flexibility index (Phi) is 5.48. The van der Waals surface area contributed by atoms with Gasteiger partial charge in [0.2, 0.25) is 11.0 Å². The van der Waals surface area contributed by atoms with Crippen LogP contribution >= 0.6 is 23.1 Å². The lowest BCUT2D eigenvalue weighted by Gasteiger charge is -2.07. The quantitative estimate of drug-likeness (QED) is 0.785. The van der Waals surface area contributed by atoms with E-state index in [1.54, 1.807) is 5.51 Å². The Balaban J connectivity index is 1.93. The first-order chi connectivity index (χ1) is 9.74. The lowest BCUT2D eigenvalue weighted by atomic mass is 10.4. The van der Waals surface area contributed by atoms with Gasteiger partial charge in [0, 0.05) is 13.0 Å². The Morgan fingerprint density at radius 1 is 1.40 bits per heavy atom.